The van der Waals surface area contributed by atoms with E-state index in [2.05, 4.69) is 15.0 Å². The van der Waals surface area contributed by atoms with Crippen LogP contribution in [0.5, 0.6) is 0 Å². The molecule has 0 aliphatic carbocycles. The minimum absolute atomic E-state index is 0.512. The number of hydrogen-bond acceptors (Lipinski definition) is 3. The van der Waals surface area contributed by atoms with Crippen LogP contribution in [0.15, 0.2) is 24.4 Å². The monoisotopic (exact) mass is 275 g/mol. The first-order chi connectivity index (χ1) is 9.06. The molecule has 0 aromatic carbocycles. The molecule has 1 atom stereocenters. The Morgan fingerprint density at radius 2 is 2.16 bits per heavy atom. The van der Waals surface area contributed by atoms with E-state index in [9.17, 15) is 4.79 Å². The van der Waals surface area contributed by atoms with Crippen molar-refractivity contribution in [2.24, 2.45) is 0 Å². The number of H-pyrrole nitrogens is 1. The number of halogens is 1. The van der Waals surface area contributed by atoms with Gasteiger partial charge in [-0.25, -0.2) is 9.97 Å². The van der Waals surface area contributed by atoms with E-state index in [0.717, 1.165) is 10.8 Å². The number of nitrogens with zero attached hydrogens (tertiary/aromatic N) is 2. The van der Waals surface area contributed by atoms with Crippen LogP contribution < -0.4 is 0 Å². The van der Waals surface area contributed by atoms with E-state index in [1.165, 1.54) is 0 Å². The zero-order valence-corrected chi connectivity index (χ0v) is 10.8. The van der Waals surface area contributed by atoms with Crippen molar-refractivity contribution < 1.29 is 9.90 Å². The van der Waals surface area contributed by atoms with Crippen LogP contribution in [0.3, 0.4) is 0 Å². The molecule has 0 saturated heterocycles. The van der Waals surface area contributed by atoms with E-state index >= 15 is 0 Å². The number of hydrogen-bond donors (Lipinski definition) is 2. The number of aromatic amines is 1. The molecule has 0 spiro atoms. The molecule has 0 saturated carbocycles. The third kappa shape index (κ3) is 1.92. The summed E-state index contributed by atoms with van der Waals surface area (Å²) in [5, 5.41) is 11.3. The summed E-state index contributed by atoms with van der Waals surface area (Å²) < 4.78 is 0. The maximum absolute atomic E-state index is 11.0. The Bertz CT molecular complexity index is 797. The van der Waals surface area contributed by atoms with Crippen molar-refractivity contribution in [1.29, 1.82) is 0 Å². The fourth-order valence-electron chi connectivity index (χ4n) is 2.01. The molecule has 3 heterocycles. The van der Waals surface area contributed by atoms with Crippen molar-refractivity contribution in [3.8, 4) is 0 Å². The lowest BCUT2D eigenvalue weighted by atomic mass is 10.1. The maximum Gasteiger partial charge on any atom is 0.312 e. The van der Waals surface area contributed by atoms with Gasteiger partial charge in [-0.05, 0) is 25.1 Å². The molecule has 0 aliphatic rings. The normalized spacial score (nSPS) is 12.9. The lowest BCUT2D eigenvalue weighted by molar-refractivity contribution is -0.138. The topological polar surface area (TPSA) is 78.9 Å². The van der Waals surface area contributed by atoms with Crippen molar-refractivity contribution in [3.63, 3.8) is 0 Å². The van der Waals surface area contributed by atoms with Gasteiger partial charge in [-0.2, -0.15) is 0 Å². The number of carboxylic acids is 1. The molecule has 0 aliphatic heterocycles. The molecular formula is C13H10ClN3O2. The fourth-order valence-corrected chi connectivity index (χ4v) is 2.17. The number of rotatable bonds is 2. The van der Waals surface area contributed by atoms with Crippen LogP contribution in [0, 0.1) is 0 Å². The van der Waals surface area contributed by atoms with Crippen LogP contribution in [-0.2, 0) is 4.79 Å². The molecule has 0 unspecified atom stereocenters. The van der Waals surface area contributed by atoms with Crippen LogP contribution in [0.2, 0.25) is 5.02 Å². The van der Waals surface area contributed by atoms with Crippen molar-refractivity contribution in [2.75, 3.05) is 0 Å². The van der Waals surface area contributed by atoms with Crippen molar-refractivity contribution >= 4 is 39.6 Å². The molecule has 0 amide bonds. The molecule has 2 N–H and O–H groups in total. The van der Waals surface area contributed by atoms with E-state index in [1.54, 1.807) is 19.2 Å². The summed E-state index contributed by atoms with van der Waals surface area (Å²) in [5.74, 6) is -1.54. The first-order valence-corrected chi connectivity index (χ1v) is 6.11. The number of aliphatic carboxylic acids is 1. The summed E-state index contributed by atoms with van der Waals surface area (Å²) in [6.45, 7) is 1.61. The molecule has 19 heavy (non-hydrogen) atoms. The van der Waals surface area contributed by atoms with E-state index in [0.29, 0.717) is 22.0 Å². The summed E-state index contributed by atoms with van der Waals surface area (Å²) in [6, 6.07) is 5.37. The van der Waals surface area contributed by atoms with Gasteiger partial charge in [0, 0.05) is 17.0 Å². The molecule has 3 aromatic heterocycles. The van der Waals surface area contributed by atoms with E-state index in [1.807, 2.05) is 12.1 Å². The van der Waals surface area contributed by atoms with E-state index in [4.69, 9.17) is 16.7 Å². The third-order valence-corrected chi connectivity index (χ3v) is 3.32. The van der Waals surface area contributed by atoms with Gasteiger partial charge < -0.3 is 10.1 Å². The highest BCUT2D eigenvalue weighted by Gasteiger charge is 2.16. The molecule has 6 heteroatoms. The molecule has 0 radical (unpaired) electrons. The van der Waals surface area contributed by atoms with Gasteiger partial charge in [-0.15, -0.1) is 0 Å². The molecule has 0 bridgehead atoms. The summed E-state index contributed by atoms with van der Waals surface area (Å²) in [7, 11) is 0. The Morgan fingerprint density at radius 1 is 1.37 bits per heavy atom. The van der Waals surface area contributed by atoms with Gasteiger partial charge in [0.15, 0.2) is 0 Å². The zero-order valence-electron chi connectivity index (χ0n) is 10.0. The van der Waals surface area contributed by atoms with Gasteiger partial charge in [0.25, 0.3) is 0 Å². The number of aromatic nitrogens is 3. The lowest BCUT2D eigenvalue weighted by Gasteiger charge is -2.04. The Morgan fingerprint density at radius 3 is 2.89 bits per heavy atom. The number of pyridine rings is 2. The smallest absolute Gasteiger partial charge is 0.312 e. The number of carbonyl (C=O) groups is 1. The number of carboxylic acid groups (broad SMARTS) is 1. The van der Waals surface area contributed by atoms with Crippen molar-refractivity contribution in [3.05, 3.63) is 35.1 Å². The zero-order chi connectivity index (χ0) is 13.6. The highest BCUT2D eigenvalue weighted by atomic mass is 35.5. The van der Waals surface area contributed by atoms with Gasteiger partial charge in [0.05, 0.1) is 16.6 Å². The average molecular weight is 276 g/mol. The van der Waals surface area contributed by atoms with Crippen LogP contribution in [-0.4, -0.2) is 26.0 Å². The lowest BCUT2D eigenvalue weighted by Crippen LogP contribution is -2.08. The molecule has 3 aromatic rings. The Labute approximate surface area is 113 Å². The van der Waals surface area contributed by atoms with Crippen LogP contribution >= 0.6 is 11.6 Å². The summed E-state index contributed by atoms with van der Waals surface area (Å²) in [6.07, 6.45) is 1.56. The van der Waals surface area contributed by atoms with Gasteiger partial charge in [0.2, 0.25) is 0 Å². The summed E-state index contributed by atoms with van der Waals surface area (Å²) in [4.78, 5) is 22.6. The minimum Gasteiger partial charge on any atom is -0.481 e. The Hall–Kier alpha value is -2.14. The minimum atomic E-state index is -0.899. The van der Waals surface area contributed by atoms with Crippen LogP contribution in [0.4, 0.5) is 0 Å². The fraction of sp³-hybridized carbons (Fsp3) is 0.154. The maximum atomic E-state index is 11.0. The quantitative estimate of drug-likeness (QED) is 0.754. The first kappa shape index (κ1) is 11.9. The molecular weight excluding hydrogens is 266 g/mol. The Kier molecular flexibility index (Phi) is 2.64. The van der Waals surface area contributed by atoms with Gasteiger partial charge in [-0.3, -0.25) is 4.79 Å². The van der Waals surface area contributed by atoms with Gasteiger partial charge in [-0.1, -0.05) is 11.6 Å². The van der Waals surface area contributed by atoms with Gasteiger partial charge in [0.1, 0.15) is 11.3 Å². The largest absolute Gasteiger partial charge is 0.481 e. The van der Waals surface area contributed by atoms with Crippen molar-refractivity contribution in [2.45, 2.75) is 12.8 Å². The SMILES string of the molecule is C[C@H](C(=O)O)c1ccc2c(n1)[nH]c1ncc(Cl)cc12. The second kappa shape index (κ2) is 4.20. The summed E-state index contributed by atoms with van der Waals surface area (Å²) in [5.41, 5.74) is 1.82. The second-order valence-electron chi connectivity index (χ2n) is 4.37. The number of nitrogens with one attached hydrogen (secondary N) is 1. The highest BCUT2D eigenvalue weighted by Crippen LogP contribution is 2.26. The third-order valence-electron chi connectivity index (χ3n) is 3.11. The van der Waals surface area contributed by atoms with Crippen LogP contribution in [0.25, 0.3) is 22.1 Å². The predicted octanol–water partition coefficient (Wildman–Crippen LogP) is 2.95. The predicted molar refractivity (Wildman–Crippen MR) is 72.5 cm³/mol. The van der Waals surface area contributed by atoms with Crippen LogP contribution in [0.1, 0.15) is 18.5 Å². The molecule has 96 valence electrons. The first-order valence-electron chi connectivity index (χ1n) is 5.73. The van der Waals surface area contributed by atoms with Gasteiger partial charge >= 0.3 is 5.97 Å². The number of fused-ring (bicyclic) bond motifs is 3. The molecule has 3 rings (SSSR count). The van der Waals surface area contributed by atoms with E-state index in [-0.39, 0.29) is 0 Å². The second-order valence-corrected chi connectivity index (χ2v) is 4.80. The molecule has 5 nitrogen and oxygen atoms in total. The molecule has 0 fully saturated rings. The average Bonchev–Trinajstić information content (AvgIpc) is 2.74. The highest BCUT2D eigenvalue weighted by molar-refractivity contribution is 6.31. The summed E-state index contributed by atoms with van der Waals surface area (Å²) >= 11 is 5.92. The van der Waals surface area contributed by atoms with E-state index < -0.39 is 11.9 Å². The standard InChI is InChI=1S/C13H10ClN3O2/c1-6(13(18)19)10-3-2-8-9-4-7(14)5-15-11(9)17-12(8)16-10/h2-6H,1H3,(H,18,19)(H,15,16,17)/t6-/m0/s1. The van der Waals surface area contributed by atoms with Crippen molar-refractivity contribution in [1.82, 2.24) is 15.0 Å². The Balaban J connectivity index is 2.24.